The molecule has 1 saturated heterocycles. The average Bonchev–Trinajstić information content (AvgIpc) is 2.60. The van der Waals surface area contributed by atoms with Gasteiger partial charge >= 0.3 is 0 Å². The Morgan fingerprint density at radius 3 is 2.68 bits per heavy atom. The van der Waals surface area contributed by atoms with Crippen molar-refractivity contribution in [1.82, 2.24) is 0 Å². The third kappa shape index (κ3) is 6.55. The number of hydrogen-bond acceptors (Lipinski definition) is 6. The maximum atomic E-state index is 9.43. The first kappa shape index (κ1) is 16.4. The van der Waals surface area contributed by atoms with E-state index in [2.05, 4.69) is 20.8 Å². The monoisotopic (exact) mass is 325 g/mol. The quantitative estimate of drug-likeness (QED) is 0.266. The molecule has 1 rings (SSSR count). The van der Waals surface area contributed by atoms with E-state index in [-0.39, 0.29) is 11.6 Å². The lowest BCUT2D eigenvalue weighted by Gasteiger charge is -2.24. The van der Waals surface area contributed by atoms with Gasteiger partial charge in [0.2, 0.25) is 0 Å². The molecule has 0 bridgehead atoms. The van der Waals surface area contributed by atoms with Crippen LogP contribution in [0.2, 0.25) is 0 Å². The van der Waals surface area contributed by atoms with Crippen LogP contribution < -0.4 is 0 Å². The molecule has 0 spiro atoms. The van der Waals surface area contributed by atoms with Gasteiger partial charge in [0.25, 0.3) is 0 Å². The molecule has 1 aliphatic heterocycles. The summed E-state index contributed by atoms with van der Waals surface area (Å²) in [5, 5.41) is 0. The summed E-state index contributed by atoms with van der Waals surface area (Å²) in [7, 11) is 7.67. The predicted molar refractivity (Wildman–Crippen MR) is 84.7 cm³/mol. The van der Waals surface area contributed by atoms with Crippen LogP contribution in [0.3, 0.4) is 0 Å². The van der Waals surface area contributed by atoms with Crippen molar-refractivity contribution in [2.45, 2.75) is 56.7 Å². The standard InChI is InChI=1S/C11H22BO4PS2/c1-7-8(16-17(5)13)9(10(12)15-7)14-6-18-19-11(2,3)4/h7-10,13H,6H2,1-5H3/t7-,8+,9?,10-,17?/m1/s1/i1D. The maximum absolute atomic E-state index is 9.43. The molecule has 1 heterocycles. The summed E-state index contributed by atoms with van der Waals surface area (Å²) < 4.78 is 24.3. The smallest absolute Gasteiger partial charge is 0.164 e. The minimum atomic E-state index is -1.54. The Hall–Kier alpha value is 1.03. The zero-order valence-electron chi connectivity index (χ0n) is 12.7. The molecule has 1 fully saturated rings. The maximum Gasteiger partial charge on any atom is 0.164 e. The Morgan fingerprint density at radius 2 is 2.16 bits per heavy atom. The lowest BCUT2D eigenvalue weighted by molar-refractivity contribution is 0.0141. The second kappa shape index (κ2) is 7.88. The number of hydrogen-bond donors (Lipinski definition) is 1. The lowest BCUT2D eigenvalue weighted by Crippen LogP contribution is -2.36. The average molecular weight is 325 g/mol. The second-order valence-corrected chi connectivity index (χ2v) is 9.45. The third-order valence-corrected chi connectivity index (χ3v) is 5.78. The van der Waals surface area contributed by atoms with Crippen molar-refractivity contribution >= 4 is 37.8 Å². The Balaban J connectivity index is 2.47. The first-order valence-electron chi connectivity index (χ1n) is 6.67. The van der Waals surface area contributed by atoms with Gasteiger partial charge in [0, 0.05) is 18.8 Å². The molecule has 19 heavy (non-hydrogen) atoms. The lowest BCUT2D eigenvalue weighted by atomic mass is 9.93. The Morgan fingerprint density at radius 1 is 1.47 bits per heavy atom. The molecule has 5 atom stereocenters. The zero-order chi connectivity index (χ0) is 15.3. The molecule has 0 amide bonds. The molecule has 2 radical (unpaired) electrons. The van der Waals surface area contributed by atoms with Crippen LogP contribution in [-0.2, 0) is 14.0 Å². The van der Waals surface area contributed by atoms with Gasteiger partial charge in [-0.25, -0.2) is 0 Å². The number of rotatable bonds is 6. The predicted octanol–water partition coefficient (Wildman–Crippen LogP) is 2.74. The van der Waals surface area contributed by atoms with Crippen LogP contribution in [0.15, 0.2) is 0 Å². The third-order valence-electron chi connectivity index (χ3n) is 2.24. The zero-order valence-corrected chi connectivity index (χ0v) is 14.3. The van der Waals surface area contributed by atoms with E-state index in [0.29, 0.717) is 5.94 Å². The van der Waals surface area contributed by atoms with E-state index < -0.39 is 32.7 Å². The van der Waals surface area contributed by atoms with Crippen molar-refractivity contribution in [3.8, 4) is 0 Å². The fraction of sp³-hybridized carbons (Fsp3) is 1.00. The number of ether oxygens (including phenoxy) is 2. The summed E-state index contributed by atoms with van der Waals surface area (Å²) in [5.41, 5.74) is 0. The van der Waals surface area contributed by atoms with Gasteiger partial charge in [-0.15, -0.1) is 0 Å². The van der Waals surface area contributed by atoms with Crippen molar-refractivity contribution in [3.05, 3.63) is 0 Å². The summed E-state index contributed by atoms with van der Waals surface area (Å²) in [6.45, 7) is 8.01. The summed E-state index contributed by atoms with van der Waals surface area (Å²) in [5.74, 6) is 0.460. The van der Waals surface area contributed by atoms with Crippen molar-refractivity contribution < 1.29 is 20.3 Å². The second-order valence-electron chi connectivity index (χ2n) is 5.24. The van der Waals surface area contributed by atoms with Crippen LogP contribution in [0.5, 0.6) is 0 Å². The summed E-state index contributed by atoms with van der Waals surface area (Å²) in [6.07, 6.45) is -1.38. The van der Waals surface area contributed by atoms with Crippen molar-refractivity contribution in [3.63, 3.8) is 0 Å². The molecule has 0 aromatic rings. The van der Waals surface area contributed by atoms with Crippen LogP contribution in [0.1, 0.15) is 29.0 Å². The van der Waals surface area contributed by atoms with Crippen molar-refractivity contribution in [2.75, 3.05) is 12.6 Å². The van der Waals surface area contributed by atoms with Gasteiger partial charge in [-0.1, -0.05) is 42.4 Å². The summed E-state index contributed by atoms with van der Waals surface area (Å²) in [4.78, 5) is 9.43. The molecule has 0 aromatic carbocycles. The highest BCUT2D eigenvalue weighted by Crippen LogP contribution is 2.38. The molecule has 0 aliphatic carbocycles. The largest absolute Gasteiger partial charge is 0.379 e. The van der Waals surface area contributed by atoms with E-state index in [4.69, 9.17) is 23.2 Å². The Labute approximate surface area is 127 Å². The molecule has 1 N–H and O–H groups in total. The van der Waals surface area contributed by atoms with Crippen LogP contribution in [0, 0.1) is 0 Å². The fourth-order valence-electron chi connectivity index (χ4n) is 1.56. The Bertz CT molecular complexity index is 296. The van der Waals surface area contributed by atoms with Crippen molar-refractivity contribution in [1.29, 1.82) is 0 Å². The van der Waals surface area contributed by atoms with Gasteiger partial charge < -0.3 is 18.9 Å². The van der Waals surface area contributed by atoms with Crippen molar-refractivity contribution in [2.24, 2.45) is 0 Å². The van der Waals surface area contributed by atoms with Crippen LogP contribution >= 0.6 is 30.0 Å². The normalized spacial score (nSPS) is 34.3. The summed E-state index contributed by atoms with van der Waals surface area (Å²) >= 11 is 0. The molecule has 110 valence electrons. The van der Waals surface area contributed by atoms with E-state index in [1.807, 2.05) is 0 Å². The first-order chi connectivity index (χ1) is 9.24. The van der Waals surface area contributed by atoms with E-state index in [9.17, 15) is 4.89 Å². The van der Waals surface area contributed by atoms with Crippen LogP contribution in [-0.4, -0.2) is 54.4 Å². The highest BCUT2D eigenvalue weighted by atomic mass is 33.1. The minimum Gasteiger partial charge on any atom is -0.379 e. The van der Waals surface area contributed by atoms with E-state index in [1.165, 1.54) is 0 Å². The molecule has 0 saturated carbocycles. The van der Waals surface area contributed by atoms with Gasteiger partial charge in [0.05, 0.1) is 6.10 Å². The van der Waals surface area contributed by atoms with E-state index in [0.717, 1.165) is 0 Å². The molecule has 2 unspecified atom stereocenters. The first-order valence-corrected chi connectivity index (χ1v) is 9.94. The molecule has 4 nitrogen and oxygen atoms in total. The van der Waals surface area contributed by atoms with Gasteiger partial charge in [-0.2, -0.15) is 0 Å². The minimum absolute atomic E-state index is 0.0330. The molecule has 1 aliphatic rings. The van der Waals surface area contributed by atoms with E-state index in [1.54, 1.807) is 28.3 Å². The van der Waals surface area contributed by atoms with Gasteiger partial charge in [0.1, 0.15) is 26.0 Å². The topological polar surface area (TPSA) is 47.9 Å². The van der Waals surface area contributed by atoms with Gasteiger partial charge in [-0.05, 0) is 6.90 Å². The highest BCUT2D eigenvalue weighted by molar-refractivity contribution is 8.77. The fourth-order valence-corrected chi connectivity index (χ4v) is 4.15. The SMILES string of the molecule is [2H]C[C@H]1O[C@@H]([B])C(OCSSC(C)(C)C)[C@H]1OP(C)O. The molecule has 8 heteroatoms. The van der Waals surface area contributed by atoms with Crippen LogP contribution in [0.25, 0.3) is 0 Å². The van der Waals surface area contributed by atoms with Gasteiger partial charge in [-0.3, -0.25) is 0 Å². The molecular formula is C11H22BO4PS2. The highest BCUT2D eigenvalue weighted by Gasteiger charge is 2.42. The summed E-state index contributed by atoms with van der Waals surface area (Å²) in [6, 6.07) is -0.620. The van der Waals surface area contributed by atoms with Crippen LogP contribution in [0.4, 0.5) is 0 Å². The Kier molecular flexibility index (Phi) is 6.80. The molecular weight excluding hydrogens is 302 g/mol. The van der Waals surface area contributed by atoms with E-state index >= 15 is 0 Å². The molecule has 0 aromatic heterocycles. The van der Waals surface area contributed by atoms with Gasteiger partial charge in [0.15, 0.2) is 8.38 Å².